The number of hydrogen-bond donors (Lipinski definition) is 1. The number of nitrogens with one attached hydrogen (secondary N) is 1. The van der Waals surface area contributed by atoms with Crippen LogP contribution in [0.4, 0.5) is 0 Å². The summed E-state index contributed by atoms with van der Waals surface area (Å²) in [6.07, 6.45) is 3.89. The summed E-state index contributed by atoms with van der Waals surface area (Å²) < 4.78 is 5.34. The first-order valence-electron chi connectivity index (χ1n) is 10.4. The highest BCUT2D eigenvalue weighted by atomic mass is 16.5. The van der Waals surface area contributed by atoms with Gasteiger partial charge in [-0.15, -0.1) is 0 Å². The molecule has 0 radical (unpaired) electrons. The molecule has 0 saturated carbocycles. The molecule has 3 heterocycles. The molecule has 1 aliphatic heterocycles. The highest BCUT2D eigenvalue weighted by molar-refractivity contribution is 5.99. The third-order valence-electron chi connectivity index (χ3n) is 6.28. The second-order valence-electron chi connectivity index (χ2n) is 8.19. The zero-order valence-electron chi connectivity index (χ0n) is 18.3. The maximum atomic E-state index is 13.9. The molecule has 0 spiro atoms. The molecule has 4 aromatic rings. The summed E-state index contributed by atoms with van der Waals surface area (Å²) in [6.45, 7) is 8.81. The van der Waals surface area contributed by atoms with Gasteiger partial charge in [0.15, 0.2) is 0 Å². The van der Waals surface area contributed by atoms with E-state index in [0.29, 0.717) is 30.0 Å². The lowest BCUT2D eigenvalue weighted by molar-refractivity contribution is 0.0642. The smallest absolute Gasteiger partial charge is 0.257 e. The minimum atomic E-state index is -0.776. The van der Waals surface area contributed by atoms with Crippen LogP contribution in [0.25, 0.3) is 16.7 Å². The first kappa shape index (κ1) is 20.0. The molecule has 1 N–H and O–H groups in total. The second kappa shape index (κ2) is 7.33. The van der Waals surface area contributed by atoms with Crippen molar-refractivity contribution in [2.45, 2.75) is 25.8 Å². The number of methoxy groups -OCH3 is 1. The third kappa shape index (κ3) is 2.98. The topological polar surface area (TPSA) is 88.9 Å². The molecule has 0 aliphatic carbocycles. The van der Waals surface area contributed by atoms with Crippen LogP contribution in [0, 0.1) is 6.92 Å². The Morgan fingerprint density at radius 2 is 1.97 bits per heavy atom. The van der Waals surface area contributed by atoms with Crippen molar-refractivity contribution >= 4 is 16.9 Å². The predicted octanol–water partition coefficient (Wildman–Crippen LogP) is 3.78. The van der Waals surface area contributed by atoms with Gasteiger partial charge in [-0.25, -0.2) is 4.98 Å². The summed E-state index contributed by atoms with van der Waals surface area (Å²) in [5.74, 6) is 1.32. The molecule has 1 saturated heterocycles. The van der Waals surface area contributed by atoms with Crippen molar-refractivity contribution in [3.63, 3.8) is 0 Å². The Labute approximate surface area is 185 Å². The molecule has 1 amide bonds. The van der Waals surface area contributed by atoms with Gasteiger partial charge >= 0.3 is 0 Å². The van der Waals surface area contributed by atoms with Crippen LogP contribution in [0.1, 0.15) is 35.1 Å². The highest BCUT2D eigenvalue weighted by Gasteiger charge is 2.47. The minimum absolute atomic E-state index is 0.111. The Morgan fingerprint density at radius 1 is 1.19 bits per heavy atom. The van der Waals surface area contributed by atoms with Crippen molar-refractivity contribution in [2.75, 3.05) is 13.7 Å². The number of hydrogen-bond acceptors (Lipinski definition) is 5. The van der Waals surface area contributed by atoms with E-state index in [9.17, 15) is 4.79 Å². The van der Waals surface area contributed by atoms with Gasteiger partial charge in [0, 0.05) is 12.6 Å². The third-order valence-corrected chi connectivity index (χ3v) is 6.28. The lowest BCUT2D eigenvalue weighted by atomic mass is 9.92. The Hall–Kier alpha value is -3.94. The molecule has 1 unspecified atom stereocenters. The number of benzene rings is 2. The van der Waals surface area contributed by atoms with Crippen LogP contribution >= 0.6 is 0 Å². The quantitative estimate of drug-likeness (QED) is 0.500. The van der Waals surface area contributed by atoms with E-state index in [1.54, 1.807) is 19.5 Å². The maximum Gasteiger partial charge on any atom is 0.257 e. The number of amides is 1. The van der Waals surface area contributed by atoms with Crippen LogP contribution in [-0.2, 0) is 5.54 Å². The lowest BCUT2D eigenvalue weighted by Gasteiger charge is -2.34. The van der Waals surface area contributed by atoms with Crippen LogP contribution in [0.5, 0.6) is 5.75 Å². The number of nitrogens with zero attached hydrogens (tertiary/aromatic N) is 5. The maximum absolute atomic E-state index is 13.9. The molecule has 1 atom stereocenters. The molecule has 1 fully saturated rings. The molecule has 32 heavy (non-hydrogen) atoms. The van der Waals surface area contributed by atoms with Gasteiger partial charge in [-0.2, -0.15) is 15.0 Å². The average Bonchev–Trinajstić information content (AvgIpc) is 3.53. The van der Waals surface area contributed by atoms with Gasteiger partial charge in [0.05, 0.1) is 41.8 Å². The normalized spacial score (nSPS) is 18.5. The number of aromatic amines is 1. The largest absolute Gasteiger partial charge is 0.497 e. The van der Waals surface area contributed by atoms with E-state index in [0.717, 1.165) is 27.9 Å². The van der Waals surface area contributed by atoms with E-state index in [1.807, 2.05) is 55.1 Å². The van der Waals surface area contributed by atoms with Crippen molar-refractivity contribution in [3.8, 4) is 11.4 Å². The Kier molecular flexibility index (Phi) is 4.58. The van der Waals surface area contributed by atoms with Gasteiger partial charge < -0.3 is 14.6 Å². The number of aromatic nitrogens is 5. The zero-order valence-corrected chi connectivity index (χ0v) is 18.3. The molecule has 8 nitrogen and oxygen atoms in total. The number of imidazole rings is 1. The van der Waals surface area contributed by atoms with Crippen LogP contribution in [0.15, 0.2) is 60.9 Å². The van der Waals surface area contributed by atoms with Gasteiger partial charge in [0.1, 0.15) is 17.1 Å². The van der Waals surface area contributed by atoms with Gasteiger partial charge in [0.2, 0.25) is 0 Å². The van der Waals surface area contributed by atoms with Gasteiger partial charge in [-0.1, -0.05) is 18.2 Å². The summed E-state index contributed by atoms with van der Waals surface area (Å²) in [6, 6.07) is 11.4. The summed E-state index contributed by atoms with van der Waals surface area (Å²) in [5, 5.41) is 8.45. The fourth-order valence-electron chi connectivity index (χ4n) is 4.33. The van der Waals surface area contributed by atoms with Crippen molar-refractivity contribution in [3.05, 3.63) is 77.9 Å². The van der Waals surface area contributed by atoms with E-state index in [-0.39, 0.29) is 5.91 Å². The summed E-state index contributed by atoms with van der Waals surface area (Å²) in [4.78, 5) is 25.4. The molecular formula is C24H24N6O2. The molecule has 8 heteroatoms. The Balaban J connectivity index is 1.61. The molecular weight excluding hydrogens is 404 g/mol. The second-order valence-corrected chi connectivity index (χ2v) is 8.19. The van der Waals surface area contributed by atoms with Crippen molar-refractivity contribution in [1.82, 2.24) is 29.9 Å². The SMILES string of the molecule is C=C1CCN(C(=O)c2cc(C)ccc2-n2nccn2)C1(C)c1nc2ccc(OC)cc2[nH]1. The van der Waals surface area contributed by atoms with Gasteiger partial charge in [-0.05, 0) is 50.1 Å². The fraction of sp³-hybridized carbons (Fsp3) is 0.250. The molecule has 0 bridgehead atoms. The van der Waals surface area contributed by atoms with E-state index in [1.165, 1.54) is 4.80 Å². The van der Waals surface area contributed by atoms with E-state index in [4.69, 9.17) is 9.72 Å². The number of aryl methyl sites for hydroxylation is 1. The van der Waals surface area contributed by atoms with Crippen LogP contribution in [0.3, 0.4) is 0 Å². The first-order valence-corrected chi connectivity index (χ1v) is 10.4. The number of likely N-dealkylation sites (tertiary alicyclic amines) is 1. The lowest BCUT2D eigenvalue weighted by Crippen LogP contribution is -2.44. The Bertz CT molecular complexity index is 1340. The van der Waals surface area contributed by atoms with Crippen molar-refractivity contribution < 1.29 is 9.53 Å². The van der Waals surface area contributed by atoms with Gasteiger partial charge in [-0.3, -0.25) is 4.79 Å². The summed E-state index contributed by atoms with van der Waals surface area (Å²) in [5.41, 5.74) is 3.99. The number of carbonyl (C=O) groups is 1. The van der Waals surface area contributed by atoms with E-state index in [2.05, 4.69) is 21.8 Å². The van der Waals surface area contributed by atoms with Crippen molar-refractivity contribution in [1.29, 1.82) is 0 Å². The number of fused-ring (bicyclic) bond motifs is 1. The number of carbonyl (C=O) groups excluding carboxylic acids is 1. The Morgan fingerprint density at radius 3 is 2.72 bits per heavy atom. The highest BCUT2D eigenvalue weighted by Crippen LogP contribution is 2.42. The predicted molar refractivity (Wildman–Crippen MR) is 121 cm³/mol. The zero-order chi connectivity index (χ0) is 22.5. The van der Waals surface area contributed by atoms with Gasteiger partial charge in [0.25, 0.3) is 5.91 Å². The number of H-pyrrole nitrogens is 1. The first-order chi connectivity index (χ1) is 15.4. The minimum Gasteiger partial charge on any atom is -0.497 e. The van der Waals surface area contributed by atoms with Crippen LogP contribution in [-0.4, -0.2) is 49.4 Å². The standard InChI is InChI=1S/C24H24N6O2/c1-15-5-8-21(30-25-10-11-26-30)18(13-15)22(31)29-12-9-16(2)24(29,3)23-27-19-7-6-17(32-4)14-20(19)28-23/h5-8,10-11,13-14H,2,9,12H2,1,3-4H3,(H,27,28). The van der Waals surface area contributed by atoms with E-state index >= 15 is 0 Å². The molecule has 2 aromatic carbocycles. The summed E-state index contributed by atoms with van der Waals surface area (Å²) in [7, 11) is 1.63. The number of ether oxygens (including phenoxy) is 1. The van der Waals surface area contributed by atoms with Crippen LogP contribution in [0.2, 0.25) is 0 Å². The monoisotopic (exact) mass is 428 g/mol. The molecule has 2 aromatic heterocycles. The summed E-state index contributed by atoms with van der Waals surface area (Å²) >= 11 is 0. The molecule has 5 rings (SSSR count). The van der Waals surface area contributed by atoms with Crippen LogP contribution < -0.4 is 4.74 Å². The average molecular weight is 428 g/mol. The molecule has 162 valence electrons. The van der Waals surface area contributed by atoms with Crippen molar-refractivity contribution in [2.24, 2.45) is 0 Å². The fourth-order valence-corrected chi connectivity index (χ4v) is 4.33. The number of rotatable bonds is 4. The van der Waals surface area contributed by atoms with E-state index < -0.39 is 5.54 Å². The molecule has 1 aliphatic rings.